The summed E-state index contributed by atoms with van der Waals surface area (Å²) in [6.07, 6.45) is 2.21. The van der Waals surface area contributed by atoms with Gasteiger partial charge in [-0.15, -0.1) is 0 Å². The van der Waals surface area contributed by atoms with Crippen LogP contribution in [0.3, 0.4) is 0 Å². The number of methoxy groups -OCH3 is 1. The minimum atomic E-state index is -0.122. The molecule has 5 nitrogen and oxygen atoms in total. The Kier molecular flexibility index (Phi) is 3.81. The Labute approximate surface area is 131 Å². The first-order valence-electron chi connectivity index (χ1n) is 7.73. The van der Waals surface area contributed by atoms with Gasteiger partial charge in [0.2, 0.25) is 5.89 Å². The number of aromatic nitrogens is 2. The Bertz CT molecular complexity index is 644. The van der Waals surface area contributed by atoms with Gasteiger partial charge in [-0.05, 0) is 24.5 Å². The second-order valence-corrected chi connectivity index (χ2v) is 6.76. The summed E-state index contributed by atoms with van der Waals surface area (Å²) in [5.74, 6) is 2.32. The molecule has 1 aromatic carbocycles. The lowest BCUT2D eigenvalue weighted by molar-refractivity contribution is 0.318. The van der Waals surface area contributed by atoms with Crippen LogP contribution in [0, 0.1) is 0 Å². The molecule has 0 amide bonds. The molecule has 2 heterocycles. The summed E-state index contributed by atoms with van der Waals surface area (Å²) in [5, 5.41) is 4.14. The van der Waals surface area contributed by atoms with Gasteiger partial charge >= 0.3 is 0 Å². The molecule has 0 unspecified atom stereocenters. The fraction of sp³-hybridized carbons (Fsp3) is 0.529. The van der Waals surface area contributed by atoms with Gasteiger partial charge in [0.15, 0.2) is 5.82 Å². The van der Waals surface area contributed by atoms with E-state index in [0.29, 0.717) is 12.4 Å². The molecule has 3 rings (SSSR count). The summed E-state index contributed by atoms with van der Waals surface area (Å²) in [4.78, 5) is 6.83. The SMILES string of the molecule is COc1cccc2c1N(Cc1noc(C(C)(C)C)n1)CCC2. The van der Waals surface area contributed by atoms with Gasteiger partial charge in [-0.1, -0.05) is 38.1 Å². The second-order valence-electron chi connectivity index (χ2n) is 6.76. The summed E-state index contributed by atoms with van der Waals surface area (Å²) in [6, 6.07) is 6.22. The van der Waals surface area contributed by atoms with E-state index in [1.807, 2.05) is 12.1 Å². The standard InChI is InChI=1S/C17H23N3O2/c1-17(2,3)16-18-14(19-22-16)11-20-10-6-8-12-7-5-9-13(21-4)15(12)20/h5,7,9H,6,8,10-11H2,1-4H3. The maximum Gasteiger partial charge on any atom is 0.232 e. The van der Waals surface area contributed by atoms with Gasteiger partial charge < -0.3 is 14.2 Å². The maximum atomic E-state index is 5.53. The number of anilines is 1. The fourth-order valence-corrected chi connectivity index (χ4v) is 2.82. The number of ether oxygens (including phenoxy) is 1. The number of para-hydroxylation sites is 1. The first-order chi connectivity index (χ1) is 10.5. The van der Waals surface area contributed by atoms with Crippen molar-refractivity contribution in [3.8, 4) is 5.75 Å². The van der Waals surface area contributed by atoms with E-state index < -0.39 is 0 Å². The van der Waals surface area contributed by atoms with Crippen molar-refractivity contribution in [2.75, 3.05) is 18.6 Å². The predicted octanol–water partition coefficient (Wildman–Crippen LogP) is 3.33. The Morgan fingerprint density at radius 3 is 2.82 bits per heavy atom. The van der Waals surface area contributed by atoms with Crippen LogP contribution in [-0.2, 0) is 18.4 Å². The van der Waals surface area contributed by atoms with E-state index in [9.17, 15) is 0 Å². The van der Waals surface area contributed by atoms with E-state index in [2.05, 4.69) is 41.9 Å². The number of hydrogen-bond acceptors (Lipinski definition) is 5. The molecular weight excluding hydrogens is 278 g/mol. The van der Waals surface area contributed by atoms with Crippen LogP contribution in [0.5, 0.6) is 5.75 Å². The van der Waals surface area contributed by atoms with Crippen LogP contribution < -0.4 is 9.64 Å². The fourth-order valence-electron chi connectivity index (χ4n) is 2.82. The van der Waals surface area contributed by atoms with Crippen LogP contribution >= 0.6 is 0 Å². The average molecular weight is 301 g/mol. The second kappa shape index (κ2) is 5.63. The van der Waals surface area contributed by atoms with Gasteiger partial charge in [0.1, 0.15) is 5.75 Å². The maximum absolute atomic E-state index is 5.53. The van der Waals surface area contributed by atoms with Crippen molar-refractivity contribution in [3.63, 3.8) is 0 Å². The Morgan fingerprint density at radius 1 is 1.32 bits per heavy atom. The summed E-state index contributed by atoms with van der Waals surface area (Å²) >= 11 is 0. The van der Waals surface area contributed by atoms with Crippen molar-refractivity contribution in [1.82, 2.24) is 10.1 Å². The van der Waals surface area contributed by atoms with E-state index >= 15 is 0 Å². The highest BCUT2D eigenvalue weighted by atomic mass is 16.5. The molecule has 0 spiro atoms. The number of aryl methyl sites for hydroxylation is 1. The van der Waals surface area contributed by atoms with Gasteiger partial charge in [-0.3, -0.25) is 0 Å². The van der Waals surface area contributed by atoms with E-state index in [4.69, 9.17) is 9.26 Å². The molecule has 2 aromatic rings. The normalized spacial score (nSPS) is 14.8. The molecule has 1 aliphatic heterocycles. The van der Waals surface area contributed by atoms with Gasteiger partial charge in [0, 0.05) is 12.0 Å². The summed E-state index contributed by atoms with van der Waals surface area (Å²) in [7, 11) is 1.72. The number of hydrogen-bond donors (Lipinski definition) is 0. The van der Waals surface area contributed by atoms with Crippen LogP contribution in [0.25, 0.3) is 0 Å². The molecule has 0 atom stereocenters. The van der Waals surface area contributed by atoms with Crippen LogP contribution in [0.4, 0.5) is 5.69 Å². The molecule has 0 saturated carbocycles. The zero-order valence-corrected chi connectivity index (χ0v) is 13.7. The zero-order valence-electron chi connectivity index (χ0n) is 13.7. The van der Waals surface area contributed by atoms with E-state index in [1.165, 1.54) is 11.3 Å². The van der Waals surface area contributed by atoms with E-state index in [0.717, 1.165) is 31.0 Å². The molecule has 22 heavy (non-hydrogen) atoms. The van der Waals surface area contributed by atoms with Gasteiger partial charge in [-0.2, -0.15) is 4.98 Å². The first kappa shape index (κ1) is 14.9. The molecule has 0 saturated heterocycles. The van der Waals surface area contributed by atoms with Crippen LogP contribution in [-0.4, -0.2) is 23.8 Å². The number of fused-ring (bicyclic) bond motifs is 1. The molecule has 0 N–H and O–H groups in total. The third-order valence-electron chi connectivity index (χ3n) is 3.93. The molecule has 0 bridgehead atoms. The van der Waals surface area contributed by atoms with Crippen LogP contribution in [0.2, 0.25) is 0 Å². The number of rotatable bonds is 3. The quantitative estimate of drug-likeness (QED) is 0.870. The first-order valence-corrected chi connectivity index (χ1v) is 7.73. The molecule has 0 aliphatic carbocycles. The van der Waals surface area contributed by atoms with Crippen molar-refractivity contribution >= 4 is 5.69 Å². The van der Waals surface area contributed by atoms with Gasteiger partial charge in [-0.25, -0.2) is 0 Å². The monoisotopic (exact) mass is 301 g/mol. The highest BCUT2D eigenvalue weighted by Gasteiger charge is 2.25. The zero-order chi connectivity index (χ0) is 15.7. The highest BCUT2D eigenvalue weighted by molar-refractivity contribution is 5.65. The lowest BCUT2D eigenvalue weighted by atomic mass is 9.97. The van der Waals surface area contributed by atoms with Crippen LogP contribution in [0.15, 0.2) is 22.7 Å². The highest BCUT2D eigenvalue weighted by Crippen LogP contribution is 2.36. The largest absolute Gasteiger partial charge is 0.495 e. The molecule has 1 aromatic heterocycles. The molecule has 1 aliphatic rings. The van der Waals surface area contributed by atoms with Gasteiger partial charge in [0.05, 0.1) is 19.3 Å². The van der Waals surface area contributed by atoms with E-state index in [1.54, 1.807) is 7.11 Å². The Balaban J connectivity index is 1.87. The molecular formula is C17H23N3O2. The Hall–Kier alpha value is -2.04. The topological polar surface area (TPSA) is 51.4 Å². The lowest BCUT2D eigenvalue weighted by Crippen LogP contribution is -2.29. The summed E-state index contributed by atoms with van der Waals surface area (Å²) in [5.41, 5.74) is 2.37. The van der Waals surface area contributed by atoms with Crippen molar-refractivity contribution in [3.05, 3.63) is 35.5 Å². The number of benzene rings is 1. The van der Waals surface area contributed by atoms with Crippen molar-refractivity contribution in [2.24, 2.45) is 0 Å². The molecule has 118 valence electrons. The summed E-state index contributed by atoms with van der Waals surface area (Å²) in [6.45, 7) is 7.84. The van der Waals surface area contributed by atoms with Crippen molar-refractivity contribution in [2.45, 2.75) is 45.6 Å². The lowest BCUT2D eigenvalue weighted by Gasteiger charge is -2.31. The van der Waals surface area contributed by atoms with Crippen LogP contribution in [0.1, 0.15) is 44.5 Å². The van der Waals surface area contributed by atoms with Gasteiger partial charge in [0.25, 0.3) is 0 Å². The Morgan fingerprint density at radius 2 is 2.14 bits per heavy atom. The molecule has 0 fully saturated rings. The van der Waals surface area contributed by atoms with E-state index in [-0.39, 0.29) is 5.41 Å². The number of nitrogens with zero attached hydrogens (tertiary/aromatic N) is 3. The molecule has 5 heteroatoms. The average Bonchev–Trinajstić information content (AvgIpc) is 2.95. The minimum Gasteiger partial charge on any atom is -0.495 e. The summed E-state index contributed by atoms with van der Waals surface area (Å²) < 4.78 is 10.9. The third-order valence-corrected chi connectivity index (χ3v) is 3.93. The van der Waals surface area contributed by atoms with Crippen molar-refractivity contribution in [1.29, 1.82) is 0 Å². The molecule has 0 radical (unpaired) electrons. The minimum absolute atomic E-state index is 0.122. The van der Waals surface area contributed by atoms with Crippen molar-refractivity contribution < 1.29 is 9.26 Å². The predicted molar refractivity (Wildman–Crippen MR) is 85.4 cm³/mol. The smallest absolute Gasteiger partial charge is 0.232 e. The third kappa shape index (κ3) is 2.80.